The van der Waals surface area contributed by atoms with Gasteiger partial charge in [-0.25, -0.2) is 0 Å². The molecule has 0 spiro atoms. The summed E-state index contributed by atoms with van der Waals surface area (Å²) in [6.07, 6.45) is 0. The largest absolute Gasteiger partial charge is 0.461 e. The topological polar surface area (TPSA) is 46.0 Å². The maximum Gasteiger partial charge on any atom is 0.163 e. The fourth-order valence-electron chi connectivity index (χ4n) is 3.17. The Hall–Kier alpha value is -3.07. The summed E-state index contributed by atoms with van der Waals surface area (Å²) >= 11 is 0. The molecule has 4 aromatic rings. The lowest BCUT2D eigenvalue weighted by Crippen LogP contribution is -1.90. The summed E-state index contributed by atoms with van der Waals surface area (Å²) in [7, 11) is 0. The van der Waals surface area contributed by atoms with Crippen LogP contribution in [0.5, 0.6) is 0 Å². The Balaban J connectivity index is 2.03. The van der Waals surface area contributed by atoms with Crippen molar-refractivity contribution < 1.29 is 9.21 Å². The van der Waals surface area contributed by atoms with Gasteiger partial charge in [-0.2, -0.15) is 0 Å². The minimum atomic E-state index is 0.0172. The molecule has 3 nitrogen and oxygen atoms in total. The molecule has 118 valence electrons. The summed E-state index contributed by atoms with van der Waals surface area (Å²) in [4.78, 5) is 15.3. The highest BCUT2D eigenvalue weighted by atomic mass is 16.3. The lowest BCUT2D eigenvalue weighted by molar-refractivity contribution is 0.101. The van der Waals surface area contributed by atoms with Crippen molar-refractivity contribution in [2.24, 2.45) is 0 Å². The Bertz CT molecular complexity index is 1040. The normalized spacial score (nSPS) is 11.1. The molecular weight excluding hydrogens is 298 g/mol. The van der Waals surface area contributed by atoms with Gasteiger partial charge < -0.3 is 9.40 Å². The van der Waals surface area contributed by atoms with Gasteiger partial charge in [0.05, 0.1) is 16.8 Å². The van der Waals surface area contributed by atoms with E-state index in [-0.39, 0.29) is 5.78 Å². The number of aryl methyl sites for hydroxylation is 1. The smallest absolute Gasteiger partial charge is 0.163 e. The van der Waals surface area contributed by atoms with Crippen LogP contribution in [0.15, 0.2) is 65.1 Å². The van der Waals surface area contributed by atoms with Crippen LogP contribution in [0.1, 0.15) is 23.0 Å². The first-order chi connectivity index (χ1) is 11.6. The van der Waals surface area contributed by atoms with Gasteiger partial charge in [-0.1, -0.05) is 48.5 Å². The molecule has 3 heteroatoms. The zero-order chi connectivity index (χ0) is 16.7. The number of carbonyl (C=O) groups is 1. The summed E-state index contributed by atoms with van der Waals surface area (Å²) < 4.78 is 5.95. The number of hydrogen-bond acceptors (Lipinski definition) is 2. The van der Waals surface area contributed by atoms with E-state index in [1.807, 2.05) is 49.4 Å². The molecule has 0 atom stereocenters. The van der Waals surface area contributed by atoms with Crippen molar-refractivity contribution in [1.29, 1.82) is 0 Å². The van der Waals surface area contributed by atoms with Crippen LogP contribution < -0.4 is 0 Å². The number of nitrogens with one attached hydrogen (secondary N) is 1. The third-order valence-corrected chi connectivity index (χ3v) is 4.31. The molecule has 0 aliphatic heterocycles. The number of aromatic amines is 1. The predicted octanol–water partition coefficient (Wildman–Crippen LogP) is 5.61. The van der Waals surface area contributed by atoms with Crippen molar-refractivity contribution in [1.82, 2.24) is 4.98 Å². The van der Waals surface area contributed by atoms with Crippen LogP contribution in [0.4, 0.5) is 0 Å². The van der Waals surface area contributed by atoms with Crippen molar-refractivity contribution >= 4 is 16.7 Å². The van der Waals surface area contributed by atoms with Gasteiger partial charge in [-0.05, 0) is 31.5 Å². The number of fused-ring (bicyclic) bond motifs is 1. The number of rotatable bonds is 3. The number of carbonyl (C=O) groups excluding carboxylic acids is 1. The highest BCUT2D eigenvalue weighted by molar-refractivity contribution is 6.04. The molecule has 4 rings (SSSR count). The first kappa shape index (κ1) is 14.5. The van der Waals surface area contributed by atoms with E-state index in [1.165, 1.54) is 0 Å². The zero-order valence-corrected chi connectivity index (χ0v) is 13.6. The minimum absolute atomic E-state index is 0.0172. The second-order valence-corrected chi connectivity index (χ2v) is 5.92. The highest BCUT2D eigenvalue weighted by Crippen LogP contribution is 2.39. The average Bonchev–Trinajstić information content (AvgIpc) is 3.16. The van der Waals surface area contributed by atoms with Crippen LogP contribution >= 0.6 is 0 Å². The van der Waals surface area contributed by atoms with Crippen LogP contribution in [-0.2, 0) is 0 Å². The third-order valence-electron chi connectivity index (χ3n) is 4.31. The standard InChI is InChI=1S/C21H17NO2/c1-13(23)17-12-19(24-14(17)2)20-16-10-6-7-11-18(16)22-21(20)15-8-4-3-5-9-15/h3-12,22H,1-2H3. The van der Waals surface area contributed by atoms with Gasteiger partial charge in [0.1, 0.15) is 11.5 Å². The van der Waals surface area contributed by atoms with Crippen molar-refractivity contribution in [2.75, 3.05) is 0 Å². The van der Waals surface area contributed by atoms with Gasteiger partial charge in [0.15, 0.2) is 5.78 Å². The summed E-state index contributed by atoms with van der Waals surface area (Å²) in [5.41, 5.74) is 4.76. The number of aromatic nitrogens is 1. The second-order valence-electron chi connectivity index (χ2n) is 5.92. The monoisotopic (exact) mass is 315 g/mol. The van der Waals surface area contributed by atoms with Gasteiger partial charge in [0.25, 0.3) is 0 Å². The molecule has 0 aliphatic rings. The third kappa shape index (κ3) is 2.26. The van der Waals surface area contributed by atoms with E-state index in [9.17, 15) is 4.79 Å². The Kier molecular flexibility index (Phi) is 3.35. The number of furan rings is 1. The van der Waals surface area contributed by atoms with E-state index in [0.717, 1.165) is 27.7 Å². The molecule has 0 fully saturated rings. The van der Waals surface area contributed by atoms with Crippen molar-refractivity contribution in [3.05, 3.63) is 72.0 Å². The number of Topliss-reactive ketones (excluding diaryl/α,β-unsaturated/α-hetero) is 1. The molecular formula is C21H17NO2. The summed E-state index contributed by atoms with van der Waals surface area (Å²) in [6.45, 7) is 3.40. The summed E-state index contributed by atoms with van der Waals surface area (Å²) in [5.74, 6) is 1.39. The van der Waals surface area contributed by atoms with Crippen LogP contribution in [0.2, 0.25) is 0 Å². The first-order valence-electron chi connectivity index (χ1n) is 7.93. The molecule has 0 radical (unpaired) electrons. The van der Waals surface area contributed by atoms with E-state index in [4.69, 9.17) is 4.42 Å². The number of ketones is 1. The van der Waals surface area contributed by atoms with Gasteiger partial charge in [-0.3, -0.25) is 4.79 Å². The maximum atomic E-state index is 11.8. The van der Waals surface area contributed by atoms with Gasteiger partial charge >= 0.3 is 0 Å². The zero-order valence-electron chi connectivity index (χ0n) is 13.6. The number of H-pyrrole nitrogens is 1. The predicted molar refractivity (Wildman–Crippen MR) is 96.2 cm³/mol. The molecule has 2 heterocycles. The molecule has 0 saturated heterocycles. The van der Waals surface area contributed by atoms with Crippen molar-refractivity contribution in [2.45, 2.75) is 13.8 Å². The van der Waals surface area contributed by atoms with Crippen LogP contribution in [0.3, 0.4) is 0 Å². The number of para-hydroxylation sites is 1. The molecule has 24 heavy (non-hydrogen) atoms. The van der Waals surface area contributed by atoms with Crippen LogP contribution in [0, 0.1) is 6.92 Å². The SMILES string of the molecule is CC(=O)c1cc(-c2c(-c3ccccc3)[nH]c3ccccc23)oc1C. The number of benzene rings is 2. The van der Waals surface area contributed by atoms with Crippen molar-refractivity contribution in [3.8, 4) is 22.6 Å². The Morgan fingerprint density at radius 3 is 2.42 bits per heavy atom. The molecule has 2 aromatic heterocycles. The average molecular weight is 315 g/mol. The lowest BCUT2D eigenvalue weighted by Gasteiger charge is -2.02. The fourth-order valence-corrected chi connectivity index (χ4v) is 3.17. The quantitative estimate of drug-likeness (QED) is 0.500. The molecule has 0 saturated carbocycles. The maximum absolute atomic E-state index is 11.8. The lowest BCUT2D eigenvalue weighted by atomic mass is 10.0. The molecule has 1 N–H and O–H groups in total. The fraction of sp³-hybridized carbons (Fsp3) is 0.0952. The van der Waals surface area contributed by atoms with Gasteiger partial charge in [-0.15, -0.1) is 0 Å². The Labute approximate surface area is 139 Å². The second kappa shape index (κ2) is 5.53. The number of hydrogen-bond donors (Lipinski definition) is 1. The van der Waals surface area contributed by atoms with E-state index in [0.29, 0.717) is 17.1 Å². The van der Waals surface area contributed by atoms with Crippen molar-refractivity contribution in [3.63, 3.8) is 0 Å². The molecule has 2 aromatic carbocycles. The Morgan fingerprint density at radius 2 is 1.71 bits per heavy atom. The van der Waals surface area contributed by atoms with E-state index < -0.39 is 0 Å². The first-order valence-corrected chi connectivity index (χ1v) is 7.93. The Morgan fingerprint density at radius 1 is 1.00 bits per heavy atom. The van der Waals surface area contributed by atoms with Gasteiger partial charge in [0, 0.05) is 10.9 Å². The van der Waals surface area contributed by atoms with Crippen LogP contribution in [-0.4, -0.2) is 10.8 Å². The van der Waals surface area contributed by atoms with Crippen LogP contribution in [0.25, 0.3) is 33.5 Å². The summed E-state index contributed by atoms with van der Waals surface area (Å²) in [6, 6.07) is 20.1. The highest BCUT2D eigenvalue weighted by Gasteiger charge is 2.20. The van der Waals surface area contributed by atoms with Gasteiger partial charge in [0.2, 0.25) is 0 Å². The summed E-state index contributed by atoms with van der Waals surface area (Å²) in [5, 5.41) is 1.08. The minimum Gasteiger partial charge on any atom is -0.461 e. The van der Waals surface area contributed by atoms with E-state index in [2.05, 4.69) is 23.2 Å². The molecule has 0 aliphatic carbocycles. The van der Waals surface area contributed by atoms with E-state index in [1.54, 1.807) is 6.92 Å². The molecule has 0 amide bonds. The molecule has 0 bridgehead atoms. The molecule has 0 unspecified atom stereocenters. The van der Waals surface area contributed by atoms with E-state index >= 15 is 0 Å².